The number of aromatic amines is 1. The van der Waals surface area contributed by atoms with Crippen LogP contribution in [0.1, 0.15) is 11.1 Å². The van der Waals surface area contributed by atoms with Crippen molar-refractivity contribution >= 4 is 10.9 Å². The van der Waals surface area contributed by atoms with Crippen molar-refractivity contribution in [2.75, 3.05) is 0 Å². The minimum Gasteiger partial charge on any atom is -0.361 e. The highest BCUT2D eigenvalue weighted by atomic mass is 15.1. The Morgan fingerprint density at radius 1 is 1.22 bits per heavy atom. The lowest BCUT2D eigenvalue weighted by molar-refractivity contribution is 0.970. The molecule has 0 aliphatic carbocycles. The van der Waals surface area contributed by atoms with E-state index in [1.165, 1.54) is 10.9 Å². The Bertz CT molecular complexity index is 700. The Labute approximate surface area is 105 Å². The zero-order chi connectivity index (χ0) is 12.5. The fourth-order valence-electron chi connectivity index (χ4n) is 2.20. The smallest absolute Gasteiger partial charge is 0.0577 e. The lowest BCUT2D eigenvalue weighted by Crippen LogP contribution is -2.00. The summed E-state index contributed by atoms with van der Waals surface area (Å²) in [5, 5.41) is 9.05. The van der Waals surface area contributed by atoms with Gasteiger partial charge in [-0.25, -0.2) is 0 Å². The highest BCUT2D eigenvalue weighted by molar-refractivity contribution is 5.88. The molecule has 0 saturated heterocycles. The zero-order valence-corrected chi connectivity index (χ0v) is 10.1. The minimum absolute atomic E-state index is 0.467. The number of hydrogen-bond donors (Lipinski definition) is 2. The summed E-state index contributed by atoms with van der Waals surface area (Å²) in [4.78, 5) is 3.24. The van der Waals surface area contributed by atoms with Crippen molar-refractivity contribution in [3.8, 4) is 11.1 Å². The second-order valence-corrected chi connectivity index (χ2v) is 4.36. The zero-order valence-electron chi connectivity index (χ0n) is 10.1. The van der Waals surface area contributed by atoms with Gasteiger partial charge >= 0.3 is 0 Å². The van der Waals surface area contributed by atoms with Gasteiger partial charge < -0.3 is 10.7 Å². The average Bonchev–Trinajstić information content (AvgIpc) is 2.80. The molecule has 90 valence electrons. The van der Waals surface area contributed by atoms with Crippen LogP contribution in [0.15, 0.2) is 36.8 Å². The first kappa shape index (κ1) is 10.9. The number of H-pyrrole nitrogens is 1. The van der Waals surface area contributed by atoms with Crippen LogP contribution in [-0.2, 0) is 6.54 Å². The van der Waals surface area contributed by atoms with Crippen LogP contribution in [0.3, 0.4) is 0 Å². The molecule has 4 nitrogen and oxygen atoms in total. The van der Waals surface area contributed by atoms with Gasteiger partial charge in [-0.3, -0.25) is 0 Å². The summed E-state index contributed by atoms with van der Waals surface area (Å²) in [7, 11) is 0. The van der Waals surface area contributed by atoms with Gasteiger partial charge in [0.1, 0.15) is 0 Å². The van der Waals surface area contributed by atoms with E-state index < -0.39 is 0 Å². The molecule has 0 aliphatic rings. The summed E-state index contributed by atoms with van der Waals surface area (Å²) in [5.74, 6) is 0. The van der Waals surface area contributed by atoms with E-state index in [1.807, 2.05) is 6.20 Å². The van der Waals surface area contributed by atoms with E-state index in [4.69, 9.17) is 5.73 Å². The third-order valence-electron chi connectivity index (χ3n) is 3.23. The highest BCUT2D eigenvalue weighted by Crippen LogP contribution is 2.27. The molecule has 18 heavy (non-hydrogen) atoms. The summed E-state index contributed by atoms with van der Waals surface area (Å²) < 4.78 is 0. The fourth-order valence-corrected chi connectivity index (χ4v) is 2.20. The SMILES string of the molecule is Cc1c[nH]c2ccc(-c3cnncc3CN)cc12. The number of nitrogens with one attached hydrogen (secondary N) is 1. The quantitative estimate of drug-likeness (QED) is 0.720. The van der Waals surface area contributed by atoms with Crippen molar-refractivity contribution in [1.82, 2.24) is 15.2 Å². The molecule has 1 aromatic carbocycles. The molecule has 3 aromatic rings. The maximum absolute atomic E-state index is 5.74. The predicted octanol–water partition coefficient (Wildman–Crippen LogP) is 2.39. The first-order valence-corrected chi connectivity index (χ1v) is 5.87. The Balaban J connectivity index is 2.21. The van der Waals surface area contributed by atoms with Crippen LogP contribution in [0.5, 0.6) is 0 Å². The van der Waals surface area contributed by atoms with Gasteiger partial charge in [-0.1, -0.05) is 6.07 Å². The van der Waals surface area contributed by atoms with Gasteiger partial charge in [0, 0.05) is 29.2 Å². The van der Waals surface area contributed by atoms with Crippen molar-refractivity contribution in [2.45, 2.75) is 13.5 Å². The van der Waals surface area contributed by atoms with Gasteiger partial charge in [-0.05, 0) is 35.7 Å². The lowest BCUT2D eigenvalue weighted by Gasteiger charge is -2.06. The van der Waals surface area contributed by atoms with Gasteiger partial charge in [-0.2, -0.15) is 10.2 Å². The van der Waals surface area contributed by atoms with Crippen LogP contribution in [0.25, 0.3) is 22.0 Å². The summed E-state index contributed by atoms with van der Waals surface area (Å²) in [6.07, 6.45) is 5.51. The number of rotatable bonds is 2. The van der Waals surface area contributed by atoms with Crippen molar-refractivity contribution in [3.05, 3.63) is 47.9 Å². The predicted molar refractivity (Wildman–Crippen MR) is 72.0 cm³/mol. The minimum atomic E-state index is 0.467. The van der Waals surface area contributed by atoms with E-state index in [0.29, 0.717) is 6.54 Å². The first-order chi connectivity index (χ1) is 8.79. The topological polar surface area (TPSA) is 67.6 Å². The van der Waals surface area contributed by atoms with E-state index in [1.54, 1.807) is 12.4 Å². The number of nitrogens with two attached hydrogens (primary N) is 1. The Morgan fingerprint density at radius 3 is 2.89 bits per heavy atom. The van der Waals surface area contributed by atoms with Crippen molar-refractivity contribution in [2.24, 2.45) is 5.73 Å². The number of benzene rings is 1. The maximum atomic E-state index is 5.74. The fraction of sp³-hybridized carbons (Fsp3) is 0.143. The largest absolute Gasteiger partial charge is 0.361 e. The third-order valence-corrected chi connectivity index (χ3v) is 3.23. The normalized spacial score (nSPS) is 11.0. The van der Waals surface area contributed by atoms with Crippen molar-refractivity contribution in [1.29, 1.82) is 0 Å². The van der Waals surface area contributed by atoms with Crippen molar-refractivity contribution < 1.29 is 0 Å². The molecule has 3 N–H and O–H groups in total. The van der Waals surface area contributed by atoms with E-state index in [9.17, 15) is 0 Å². The summed E-state index contributed by atoms with van der Waals surface area (Å²) in [6.45, 7) is 2.56. The molecule has 0 spiro atoms. The van der Waals surface area contributed by atoms with Crippen LogP contribution >= 0.6 is 0 Å². The molecule has 0 bridgehead atoms. The molecular formula is C14H14N4. The Kier molecular flexibility index (Phi) is 2.57. The number of aryl methyl sites for hydroxylation is 1. The molecule has 0 amide bonds. The number of aromatic nitrogens is 3. The molecule has 0 atom stereocenters. The van der Waals surface area contributed by atoms with Gasteiger partial charge in [0.15, 0.2) is 0 Å². The highest BCUT2D eigenvalue weighted by Gasteiger charge is 2.07. The van der Waals surface area contributed by atoms with E-state index >= 15 is 0 Å². The Hall–Kier alpha value is -2.20. The average molecular weight is 238 g/mol. The van der Waals surface area contributed by atoms with E-state index in [-0.39, 0.29) is 0 Å². The second-order valence-electron chi connectivity index (χ2n) is 4.36. The number of hydrogen-bond acceptors (Lipinski definition) is 3. The lowest BCUT2D eigenvalue weighted by atomic mass is 10.0. The van der Waals surface area contributed by atoms with Crippen LogP contribution < -0.4 is 5.73 Å². The monoisotopic (exact) mass is 238 g/mol. The number of fused-ring (bicyclic) bond motifs is 1. The van der Waals surface area contributed by atoms with Crippen LogP contribution in [0, 0.1) is 6.92 Å². The standard InChI is InChI=1S/C14H14N4/c1-9-6-16-14-3-2-10(4-12(9)14)13-8-18-17-7-11(13)5-15/h2-4,6-8,16H,5,15H2,1H3. The molecule has 2 aromatic heterocycles. The molecule has 0 radical (unpaired) electrons. The van der Waals surface area contributed by atoms with Gasteiger partial charge in [0.05, 0.1) is 12.4 Å². The molecule has 0 fully saturated rings. The number of nitrogens with zero attached hydrogens (tertiary/aromatic N) is 2. The Morgan fingerprint density at radius 2 is 2.06 bits per heavy atom. The molecule has 0 saturated carbocycles. The molecule has 3 rings (SSSR count). The third kappa shape index (κ3) is 1.67. The first-order valence-electron chi connectivity index (χ1n) is 5.87. The second kappa shape index (κ2) is 4.23. The summed E-state index contributed by atoms with van der Waals surface area (Å²) >= 11 is 0. The van der Waals surface area contributed by atoms with Gasteiger partial charge in [0.25, 0.3) is 0 Å². The van der Waals surface area contributed by atoms with Gasteiger partial charge in [0.2, 0.25) is 0 Å². The van der Waals surface area contributed by atoms with Crippen LogP contribution in [0.2, 0.25) is 0 Å². The van der Waals surface area contributed by atoms with Crippen LogP contribution in [0.4, 0.5) is 0 Å². The van der Waals surface area contributed by atoms with Crippen molar-refractivity contribution in [3.63, 3.8) is 0 Å². The molecule has 2 heterocycles. The van der Waals surface area contributed by atoms with Gasteiger partial charge in [-0.15, -0.1) is 0 Å². The van der Waals surface area contributed by atoms with Crippen LogP contribution in [-0.4, -0.2) is 15.2 Å². The van der Waals surface area contributed by atoms with E-state index in [0.717, 1.165) is 22.2 Å². The summed E-state index contributed by atoms with van der Waals surface area (Å²) in [6, 6.07) is 6.32. The summed E-state index contributed by atoms with van der Waals surface area (Å²) in [5.41, 5.74) is 11.3. The molecular weight excluding hydrogens is 224 g/mol. The molecule has 0 aliphatic heterocycles. The maximum Gasteiger partial charge on any atom is 0.0577 e. The molecule has 0 unspecified atom stereocenters. The molecule has 4 heteroatoms. The van der Waals surface area contributed by atoms with E-state index in [2.05, 4.69) is 40.3 Å².